The van der Waals surface area contributed by atoms with Crippen molar-refractivity contribution in [3.8, 4) is 11.4 Å². The van der Waals surface area contributed by atoms with Crippen LogP contribution in [0.3, 0.4) is 0 Å². The maximum Gasteiger partial charge on any atom is 0.163 e. The molecular formula is C26H31N7. The van der Waals surface area contributed by atoms with Gasteiger partial charge in [-0.25, -0.2) is 15.0 Å². The first-order valence-electron chi connectivity index (χ1n) is 12.0. The summed E-state index contributed by atoms with van der Waals surface area (Å²) in [6.07, 6.45) is 9.30. The zero-order valence-electron chi connectivity index (χ0n) is 19.8. The lowest BCUT2D eigenvalue weighted by Crippen LogP contribution is -2.53. The monoisotopic (exact) mass is 441 g/mol. The van der Waals surface area contributed by atoms with Crippen molar-refractivity contribution in [1.82, 2.24) is 30.2 Å². The molecule has 0 amide bonds. The van der Waals surface area contributed by atoms with Crippen LogP contribution in [0.4, 0.5) is 5.82 Å². The van der Waals surface area contributed by atoms with Gasteiger partial charge >= 0.3 is 0 Å². The standard InChI is InChI=1S/C26H31N7/c1-15-11-18-17(7-10-29-23(18)30-15)24-31-20-13-28-12-19(16-5-6-16)22(20)25(32-24)33(4)21-8-9-27-14-26(21,2)3/h7,10-13,16,21,27H,5-6,8-9,14H2,1-4H3,(H,29,30)/t21-/m0/s1. The van der Waals surface area contributed by atoms with Crippen molar-refractivity contribution in [2.45, 2.75) is 52.0 Å². The zero-order valence-corrected chi connectivity index (χ0v) is 19.8. The maximum absolute atomic E-state index is 5.27. The molecule has 0 aromatic carbocycles. The second kappa shape index (κ2) is 7.48. The highest BCUT2D eigenvalue weighted by molar-refractivity contribution is 5.97. The molecule has 2 N–H and O–H groups in total. The molecule has 0 radical (unpaired) electrons. The molecule has 4 aromatic heterocycles. The molecule has 5 heterocycles. The molecule has 1 atom stereocenters. The van der Waals surface area contributed by atoms with Crippen LogP contribution < -0.4 is 10.2 Å². The average Bonchev–Trinajstić information content (AvgIpc) is 3.57. The third-order valence-corrected chi connectivity index (χ3v) is 7.42. The van der Waals surface area contributed by atoms with E-state index in [2.05, 4.69) is 59.1 Å². The molecule has 1 aliphatic heterocycles. The van der Waals surface area contributed by atoms with Crippen molar-refractivity contribution < 1.29 is 0 Å². The summed E-state index contributed by atoms with van der Waals surface area (Å²) in [5.41, 5.74) is 5.31. The second-order valence-corrected chi connectivity index (χ2v) is 10.4. The van der Waals surface area contributed by atoms with Crippen LogP contribution in [0.5, 0.6) is 0 Å². The number of aromatic amines is 1. The van der Waals surface area contributed by atoms with Gasteiger partial charge in [-0.3, -0.25) is 4.98 Å². The van der Waals surface area contributed by atoms with E-state index < -0.39 is 0 Å². The first-order valence-corrected chi connectivity index (χ1v) is 12.0. The Morgan fingerprint density at radius 2 is 1.97 bits per heavy atom. The smallest absolute Gasteiger partial charge is 0.163 e. The van der Waals surface area contributed by atoms with Crippen LogP contribution >= 0.6 is 0 Å². The molecule has 170 valence electrons. The largest absolute Gasteiger partial charge is 0.355 e. The van der Waals surface area contributed by atoms with E-state index in [4.69, 9.17) is 9.97 Å². The molecule has 7 heteroatoms. The van der Waals surface area contributed by atoms with Gasteiger partial charge in [0.15, 0.2) is 5.82 Å². The zero-order chi connectivity index (χ0) is 22.7. The highest BCUT2D eigenvalue weighted by atomic mass is 15.2. The van der Waals surface area contributed by atoms with Gasteiger partial charge in [0.2, 0.25) is 0 Å². The molecule has 1 aliphatic carbocycles. The minimum Gasteiger partial charge on any atom is -0.355 e. The molecule has 0 bridgehead atoms. The SMILES string of the molecule is Cc1cc2c(-c3nc(N(C)[C@H]4CCNCC4(C)C)c4c(C5CC5)cncc4n3)ccnc2[nH]1. The van der Waals surface area contributed by atoms with Crippen LogP contribution in [0.15, 0.2) is 30.7 Å². The Kier molecular flexibility index (Phi) is 4.66. The number of rotatable bonds is 4. The number of piperidine rings is 1. The number of nitrogens with one attached hydrogen (secondary N) is 2. The van der Waals surface area contributed by atoms with Crippen molar-refractivity contribution in [1.29, 1.82) is 0 Å². The fourth-order valence-corrected chi connectivity index (χ4v) is 5.55. The van der Waals surface area contributed by atoms with E-state index in [0.717, 1.165) is 59.0 Å². The summed E-state index contributed by atoms with van der Waals surface area (Å²) in [5, 5.41) is 5.79. The van der Waals surface area contributed by atoms with E-state index in [1.165, 1.54) is 23.8 Å². The molecule has 6 rings (SSSR count). The summed E-state index contributed by atoms with van der Waals surface area (Å²) in [5.74, 6) is 2.33. The Hall–Kier alpha value is -3.06. The molecule has 2 aliphatic rings. The molecule has 0 spiro atoms. The van der Waals surface area contributed by atoms with Gasteiger partial charge in [0.05, 0.1) is 11.7 Å². The second-order valence-electron chi connectivity index (χ2n) is 10.4. The van der Waals surface area contributed by atoms with Gasteiger partial charge in [0.25, 0.3) is 0 Å². The van der Waals surface area contributed by atoms with Crippen LogP contribution in [0.2, 0.25) is 0 Å². The lowest BCUT2D eigenvalue weighted by Gasteiger charge is -2.45. The van der Waals surface area contributed by atoms with E-state index in [1.54, 1.807) is 0 Å². The van der Waals surface area contributed by atoms with Gasteiger partial charge in [0.1, 0.15) is 11.5 Å². The van der Waals surface area contributed by atoms with Crippen LogP contribution in [0, 0.1) is 12.3 Å². The molecular weight excluding hydrogens is 410 g/mol. The number of nitrogens with zero attached hydrogens (tertiary/aromatic N) is 5. The van der Waals surface area contributed by atoms with E-state index in [0.29, 0.717) is 12.0 Å². The number of aryl methyl sites for hydroxylation is 1. The highest BCUT2D eigenvalue weighted by Gasteiger charge is 2.37. The first kappa shape index (κ1) is 20.5. The summed E-state index contributed by atoms with van der Waals surface area (Å²) in [6.45, 7) is 8.78. The predicted molar refractivity (Wildman–Crippen MR) is 133 cm³/mol. The fraction of sp³-hybridized carbons (Fsp3) is 0.462. The highest BCUT2D eigenvalue weighted by Crippen LogP contribution is 2.45. The Labute approximate surface area is 194 Å². The Balaban J connectivity index is 1.59. The van der Waals surface area contributed by atoms with Crippen molar-refractivity contribution in [2.24, 2.45) is 5.41 Å². The Bertz CT molecular complexity index is 1350. The van der Waals surface area contributed by atoms with Crippen molar-refractivity contribution in [3.05, 3.63) is 42.0 Å². The summed E-state index contributed by atoms with van der Waals surface area (Å²) >= 11 is 0. The van der Waals surface area contributed by atoms with Crippen LogP contribution in [-0.4, -0.2) is 51.1 Å². The van der Waals surface area contributed by atoms with E-state index in [1.807, 2.05) is 24.7 Å². The van der Waals surface area contributed by atoms with Crippen molar-refractivity contribution >= 4 is 27.8 Å². The molecule has 4 aromatic rings. The summed E-state index contributed by atoms with van der Waals surface area (Å²) in [6, 6.07) is 4.54. The number of pyridine rings is 2. The quantitative estimate of drug-likeness (QED) is 0.482. The Morgan fingerprint density at radius 1 is 1.12 bits per heavy atom. The first-order chi connectivity index (χ1) is 15.9. The number of hydrogen-bond donors (Lipinski definition) is 2. The van der Waals surface area contributed by atoms with Gasteiger partial charge in [-0.15, -0.1) is 0 Å². The minimum absolute atomic E-state index is 0.138. The van der Waals surface area contributed by atoms with E-state index in [9.17, 15) is 0 Å². The topological polar surface area (TPSA) is 82.6 Å². The molecule has 0 unspecified atom stereocenters. The maximum atomic E-state index is 5.27. The third kappa shape index (κ3) is 3.46. The normalized spacial score (nSPS) is 20.4. The van der Waals surface area contributed by atoms with Crippen molar-refractivity contribution in [3.63, 3.8) is 0 Å². The minimum atomic E-state index is 0.138. The van der Waals surface area contributed by atoms with E-state index >= 15 is 0 Å². The Morgan fingerprint density at radius 3 is 2.76 bits per heavy atom. The average molecular weight is 442 g/mol. The van der Waals surface area contributed by atoms with Gasteiger partial charge in [-0.1, -0.05) is 13.8 Å². The van der Waals surface area contributed by atoms with E-state index in [-0.39, 0.29) is 5.41 Å². The van der Waals surface area contributed by atoms with Crippen LogP contribution in [0.25, 0.3) is 33.3 Å². The number of hydrogen-bond acceptors (Lipinski definition) is 6. The predicted octanol–water partition coefficient (Wildman–Crippen LogP) is 4.58. The number of H-pyrrole nitrogens is 1. The molecule has 1 saturated heterocycles. The summed E-state index contributed by atoms with van der Waals surface area (Å²) in [7, 11) is 2.21. The van der Waals surface area contributed by atoms with Gasteiger partial charge < -0.3 is 15.2 Å². The van der Waals surface area contributed by atoms with Gasteiger partial charge in [-0.05, 0) is 61.8 Å². The number of aromatic nitrogens is 5. The molecule has 1 saturated carbocycles. The molecule has 7 nitrogen and oxygen atoms in total. The third-order valence-electron chi connectivity index (χ3n) is 7.42. The number of fused-ring (bicyclic) bond motifs is 2. The lowest BCUT2D eigenvalue weighted by atomic mass is 9.79. The summed E-state index contributed by atoms with van der Waals surface area (Å²) in [4.78, 5) is 25.2. The van der Waals surface area contributed by atoms with Crippen LogP contribution in [0.1, 0.15) is 50.3 Å². The molecule has 33 heavy (non-hydrogen) atoms. The molecule has 2 fully saturated rings. The summed E-state index contributed by atoms with van der Waals surface area (Å²) < 4.78 is 0. The lowest BCUT2D eigenvalue weighted by molar-refractivity contribution is 0.215. The van der Waals surface area contributed by atoms with Gasteiger partial charge in [-0.2, -0.15) is 0 Å². The van der Waals surface area contributed by atoms with Crippen LogP contribution in [-0.2, 0) is 0 Å². The number of anilines is 1. The van der Waals surface area contributed by atoms with Crippen molar-refractivity contribution in [2.75, 3.05) is 25.0 Å². The fourth-order valence-electron chi connectivity index (χ4n) is 5.55. The van der Waals surface area contributed by atoms with Gasteiger partial charge in [0, 0.05) is 54.1 Å².